The molecule has 0 aromatic heterocycles. The molecule has 0 fully saturated rings. The van der Waals surface area contributed by atoms with Gasteiger partial charge in [-0.3, -0.25) is 9.59 Å². The lowest BCUT2D eigenvalue weighted by molar-refractivity contribution is -0.143. The lowest BCUT2D eigenvalue weighted by Crippen LogP contribution is -2.57. The van der Waals surface area contributed by atoms with Gasteiger partial charge in [-0.15, -0.1) is 0 Å². The molecule has 22 heavy (non-hydrogen) atoms. The van der Waals surface area contributed by atoms with Gasteiger partial charge in [-0.25, -0.2) is 4.79 Å². The molecule has 0 aromatic rings. The van der Waals surface area contributed by atoms with Crippen molar-refractivity contribution in [3.8, 4) is 0 Å². The Morgan fingerprint density at radius 1 is 0.773 bits per heavy atom. The molecule has 0 aliphatic heterocycles. The highest BCUT2D eigenvalue weighted by molar-refractivity contribution is 5.92. The third kappa shape index (κ3) is 6.01. The van der Waals surface area contributed by atoms with Gasteiger partial charge in [0, 0.05) is 0 Å². The summed E-state index contributed by atoms with van der Waals surface area (Å²) in [7, 11) is 0. The molecule has 0 saturated heterocycles. The van der Waals surface area contributed by atoms with Crippen LogP contribution in [0, 0.1) is 17.8 Å². The van der Waals surface area contributed by atoms with E-state index in [4.69, 9.17) is 10.8 Å². The van der Waals surface area contributed by atoms with E-state index in [2.05, 4.69) is 10.6 Å². The molecule has 7 nitrogen and oxygen atoms in total. The summed E-state index contributed by atoms with van der Waals surface area (Å²) in [6, 6.07) is -2.53. The molecule has 0 aliphatic carbocycles. The van der Waals surface area contributed by atoms with Gasteiger partial charge in [0.2, 0.25) is 11.8 Å². The van der Waals surface area contributed by atoms with Gasteiger partial charge in [0.1, 0.15) is 12.1 Å². The summed E-state index contributed by atoms with van der Waals surface area (Å²) in [6.45, 7) is 10.6. The van der Waals surface area contributed by atoms with E-state index in [0.29, 0.717) is 0 Å². The Kier molecular flexibility index (Phi) is 8.08. The number of rotatable bonds is 8. The van der Waals surface area contributed by atoms with E-state index >= 15 is 0 Å². The van der Waals surface area contributed by atoms with Gasteiger partial charge in [-0.05, 0) is 17.8 Å². The van der Waals surface area contributed by atoms with Gasteiger partial charge in [0.05, 0.1) is 6.04 Å². The number of hydrogen-bond acceptors (Lipinski definition) is 4. The quantitative estimate of drug-likeness (QED) is 0.514. The largest absolute Gasteiger partial charge is 0.480 e. The molecule has 0 spiro atoms. The van der Waals surface area contributed by atoms with Crippen LogP contribution in [0.1, 0.15) is 41.5 Å². The summed E-state index contributed by atoms with van der Waals surface area (Å²) >= 11 is 0. The second-order valence-corrected chi connectivity index (χ2v) is 6.57. The minimum atomic E-state index is -1.10. The van der Waals surface area contributed by atoms with Crippen molar-refractivity contribution in [1.29, 1.82) is 0 Å². The Hall–Kier alpha value is -1.63. The van der Waals surface area contributed by atoms with Crippen LogP contribution in [-0.2, 0) is 14.4 Å². The van der Waals surface area contributed by atoms with Crippen LogP contribution in [0.5, 0.6) is 0 Å². The Balaban J connectivity index is 4.99. The number of hydrogen-bond donors (Lipinski definition) is 4. The maximum atomic E-state index is 12.3. The monoisotopic (exact) mass is 315 g/mol. The first-order chi connectivity index (χ1) is 9.98. The molecule has 0 saturated carbocycles. The molecule has 128 valence electrons. The lowest BCUT2D eigenvalue weighted by atomic mass is 9.98. The summed E-state index contributed by atoms with van der Waals surface area (Å²) in [5.41, 5.74) is 5.77. The minimum absolute atomic E-state index is 0.0571. The number of nitrogens with two attached hydrogens (primary N) is 1. The second kappa shape index (κ2) is 8.73. The Bertz CT molecular complexity index is 408. The van der Waals surface area contributed by atoms with Crippen molar-refractivity contribution >= 4 is 17.8 Å². The summed E-state index contributed by atoms with van der Waals surface area (Å²) in [5, 5.41) is 14.2. The van der Waals surface area contributed by atoms with Crippen molar-refractivity contribution in [2.45, 2.75) is 59.7 Å². The zero-order valence-electron chi connectivity index (χ0n) is 14.2. The van der Waals surface area contributed by atoms with E-state index < -0.39 is 35.9 Å². The fourth-order valence-electron chi connectivity index (χ4n) is 1.84. The molecule has 7 heteroatoms. The third-order valence-corrected chi connectivity index (χ3v) is 3.50. The molecule has 0 heterocycles. The van der Waals surface area contributed by atoms with Crippen LogP contribution in [0.2, 0.25) is 0 Å². The fraction of sp³-hybridized carbons (Fsp3) is 0.800. The van der Waals surface area contributed by atoms with E-state index in [9.17, 15) is 14.4 Å². The molecule has 5 N–H and O–H groups in total. The van der Waals surface area contributed by atoms with E-state index in [1.54, 1.807) is 27.7 Å². The zero-order chi connectivity index (χ0) is 17.6. The molecule has 0 radical (unpaired) electrons. The average Bonchev–Trinajstić information content (AvgIpc) is 2.39. The van der Waals surface area contributed by atoms with E-state index in [0.717, 1.165) is 0 Å². The molecule has 2 amide bonds. The van der Waals surface area contributed by atoms with Crippen LogP contribution in [0.15, 0.2) is 0 Å². The molecule has 0 aromatic carbocycles. The first-order valence-corrected chi connectivity index (χ1v) is 7.58. The predicted molar refractivity (Wildman–Crippen MR) is 84.0 cm³/mol. The van der Waals surface area contributed by atoms with Crippen molar-refractivity contribution in [3.05, 3.63) is 0 Å². The van der Waals surface area contributed by atoms with Crippen molar-refractivity contribution in [2.75, 3.05) is 0 Å². The molecule has 0 aliphatic rings. The molecular formula is C15H29N3O4. The summed E-state index contributed by atoms with van der Waals surface area (Å²) in [5.74, 6) is -2.54. The Morgan fingerprint density at radius 2 is 1.18 bits per heavy atom. The molecular weight excluding hydrogens is 286 g/mol. The van der Waals surface area contributed by atoms with Crippen LogP contribution in [-0.4, -0.2) is 41.0 Å². The average molecular weight is 315 g/mol. The lowest BCUT2D eigenvalue weighted by Gasteiger charge is -2.27. The summed E-state index contributed by atoms with van der Waals surface area (Å²) in [6.07, 6.45) is 0. The van der Waals surface area contributed by atoms with Crippen LogP contribution in [0.4, 0.5) is 0 Å². The number of amides is 2. The molecule has 0 bridgehead atoms. The minimum Gasteiger partial charge on any atom is -0.480 e. The maximum absolute atomic E-state index is 12.3. The number of carbonyl (C=O) groups excluding carboxylic acids is 2. The zero-order valence-corrected chi connectivity index (χ0v) is 14.2. The van der Waals surface area contributed by atoms with Gasteiger partial charge in [0.15, 0.2) is 0 Å². The predicted octanol–water partition coefficient (Wildman–Crippen LogP) is 0.336. The molecule has 3 unspecified atom stereocenters. The van der Waals surface area contributed by atoms with Crippen LogP contribution < -0.4 is 16.4 Å². The highest BCUT2D eigenvalue weighted by Gasteiger charge is 2.31. The first kappa shape index (κ1) is 20.4. The third-order valence-electron chi connectivity index (χ3n) is 3.50. The molecule has 0 rings (SSSR count). The SMILES string of the molecule is CC(C)C(N)C(=O)NC(C(=O)NC(C(=O)O)C(C)C)C(C)C. The molecule has 3 atom stereocenters. The van der Waals surface area contributed by atoms with Gasteiger partial charge >= 0.3 is 5.97 Å². The van der Waals surface area contributed by atoms with Crippen LogP contribution >= 0.6 is 0 Å². The smallest absolute Gasteiger partial charge is 0.326 e. The van der Waals surface area contributed by atoms with Crippen LogP contribution in [0.3, 0.4) is 0 Å². The van der Waals surface area contributed by atoms with Crippen molar-refractivity contribution < 1.29 is 19.5 Å². The second-order valence-electron chi connectivity index (χ2n) is 6.57. The maximum Gasteiger partial charge on any atom is 0.326 e. The van der Waals surface area contributed by atoms with Gasteiger partial charge in [-0.2, -0.15) is 0 Å². The van der Waals surface area contributed by atoms with Crippen molar-refractivity contribution in [2.24, 2.45) is 23.5 Å². The first-order valence-electron chi connectivity index (χ1n) is 7.58. The van der Waals surface area contributed by atoms with Crippen LogP contribution in [0.25, 0.3) is 0 Å². The standard InChI is InChI=1S/C15H29N3O4/c1-7(2)10(16)13(19)17-11(8(3)4)14(20)18-12(9(5)6)15(21)22/h7-12H,16H2,1-6H3,(H,17,19)(H,18,20)(H,21,22). The Morgan fingerprint density at radius 3 is 1.50 bits per heavy atom. The number of aliphatic carboxylic acids is 1. The Labute approximate surface area is 132 Å². The van der Waals surface area contributed by atoms with Crippen molar-refractivity contribution in [3.63, 3.8) is 0 Å². The number of carboxylic acid groups (broad SMARTS) is 1. The van der Waals surface area contributed by atoms with Crippen molar-refractivity contribution in [1.82, 2.24) is 10.6 Å². The topological polar surface area (TPSA) is 122 Å². The van der Waals surface area contributed by atoms with E-state index in [1.165, 1.54) is 0 Å². The summed E-state index contributed by atoms with van der Waals surface area (Å²) in [4.78, 5) is 35.5. The number of carboxylic acids is 1. The summed E-state index contributed by atoms with van der Waals surface area (Å²) < 4.78 is 0. The number of carbonyl (C=O) groups is 3. The highest BCUT2D eigenvalue weighted by Crippen LogP contribution is 2.08. The fourth-order valence-corrected chi connectivity index (χ4v) is 1.84. The van der Waals surface area contributed by atoms with Gasteiger partial charge in [-0.1, -0.05) is 41.5 Å². The van der Waals surface area contributed by atoms with Gasteiger partial charge < -0.3 is 21.5 Å². The highest BCUT2D eigenvalue weighted by atomic mass is 16.4. The normalized spacial score (nSPS) is 15.5. The van der Waals surface area contributed by atoms with E-state index in [1.807, 2.05) is 13.8 Å². The van der Waals surface area contributed by atoms with Gasteiger partial charge in [0.25, 0.3) is 0 Å². The van der Waals surface area contributed by atoms with E-state index in [-0.39, 0.29) is 17.8 Å². The number of nitrogens with one attached hydrogen (secondary N) is 2.